The summed E-state index contributed by atoms with van der Waals surface area (Å²) in [6.45, 7) is 0. The molecule has 3 heteroatoms. The predicted octanol–water partition coefficient (Wildman–Crippen LogP) is 16.0. The summed E-state index contributed by atoms with van der Waals surface area (Å²) >= 11 is 3.63. The van der Waals surface area contributed by atoms with Crippen LogP contribution in [0.1, 0.15) is 0 Å². The Morgan fingerprint density at radius 3 is 1.08 bits per heavy atom. The smallest absolute Gasteiger partial charge is 0.0541 e. The number of hydrogen-bond donors (Lipinski definition) is 0. The van der Waals surface area contributed by atoms with Gasteiger partial charge in [-0.05, 0) is 104 Å². The Bertz CT molecular complexity index is 3440. The highest BCUT2D eigenvalue weighted by atomic mass is 79.9. The molecular formula is C56H37BrN2. The highest BCUT2D eigenvalue weighted by Crippen LogP contribution is 2.36. The van der Waals surface area contributed by atoms with Crippen LogP contribution in [0.25, 0.3) is 98.8 Å². The molecule has 0 N–H and O–H groups in total. The first kappa shape index (κ1) is 35.0. The van der Waals surface area contributed by atoms with Crippen LogP contribution in [0, 0.1) is 0 Å². The van der Waals surface area contributed by atoms with E-state index in [0.29, 0.717) is 0 Å². The summed E-state index contributed by atoms with van der Waals surface area (Å²) in [7, 11) is 0. The van der Waals surface area contributed by atoms with E-state index < -0.39 is 0 Å². The fourth-order valence-corrected chi connectivity index (χ4v) is 9.32. The first-order chi connectivity index (χ1) is 29.2. The molecule has 0 radical (unpaired) electrons. The molecule has 0 unspecified atom stereocenters. The van der Waals surface area contributed by atoms with Crippen LogP contribution in [-0.2, 0) is 0 Å². The Morgan fingerprint density at radius 1 is 0.271 bits per heavy atom. The van der Waals surface area contributed by atoms with E-state index in [1.165, 1.54) is 98.8 Å². The van der Waals surface area contributed by atoms with Gasteiger partial charge in [0.05, 0.1) is 22.1 Å². The Kier molecular flexibility index (Phi) is 8.68. The second-order valence-electron chi connectivity index (χ2n) is 15.0. The number of para-hydroxylation sites is 3. The van der Waals surface area contributed by atoms with Crippen molar-refractivity contribution in [2.45, 2.75) is 0 Å². The monoisotopic (exact) mass is 816 g/mol. The van der Waals surface area contributed by atoms with E-state index in [-0.39, 0.29) is 0 Å². The summed E-state index contributed by atoms with van der Waals surface area (Å²) < 4.78 is 5.81. The SMILES string of the molecule is Brc1ccc2c(c1)c1ccccc1n2-c1ccc(-c2cccc3ccccc23)cc1.c1ccc2c(-c3ccc(-n4c5ccccc5c5ccccc54)cc3)cccc2c1. The van der Waals surface area contributed by atoms with Crippen molar-refractivity contribution < 1.29 is 0 Å². The lowest BCUT2D eigenvalue weighted by atomic mass is 9.98. The average molecular weight is 818 g/mol. The van der Waals surface area contributed by atoms with Gasteiger partial charge >= 0.3 is 0 Å². The molecular weight excluding hydrogens is 781 g/mol. The van der Waals surface area contributed by atoms with Gasteiger partial charge in [-0.2, -0.15) is 0 Å². The molecule has 10 aromatic carbocycles. The minimum atomic E-state index is 1.10. The van der Waals surface area contributed by atoms with Crippen molar-refractivity contribution in [3.05, 3.63) is 229 Å². The van der Waals surface area contributed by atoms with Gasteiger partial charge in [-0.25, -0.2) is 0 Å². The maximum atomic E-state index is 3.63. The molecule has 2 aromatic heterocycles. The molecule has 12 rings (SSSR count). The predicted molar refractivity (Wildman–Crippen MR) is 255 cm³/mol. The summed E-state index contributed by atoms with van der Waals surface area (Å²) in [6, 6.07) is 80.4. The molecule has 12 aromatic rings. The van der Waals surface area contributed by atoms with Crippen LogP contribution >= 0.6 is 15.9 Å². The van der Waals surface area contributed by atoms with Gasteiger partial charge in [0.25, 0.3) is 0 Å². The molecule has 0 aliphatic carbocycles. The summed E-state index contributed by atoms with van der Waals surface area (Å²) in [5.74, 6) is 0. The topological polar surface area (TPSA) is 9.86 Å². The third-order valence-electron chi connectivity index (χ3n) is 11.7. The Labute approximate surface area is 351 Å². The number of fused-ring (bicyclic) bond motifs is 8. The van der Waals surface area contributed by atoms with Crippen LogP contribution in [0.5, 0.6) is 0 Å². The van der Waals surface area contributed by atoms with Crippen LogP contribution in [0.3, 0.4) is 0 Å². The number of benzene rings is 10. The van der Waals surface area contributed by atoms with Crippen molar-refractivity contribution in [2.75, 3.05) is 0 Å². The van der Waals surface area contributed by atoms with Crippen molar-refractivity contribution in [2.24, 2.45) is 0 Å². The minimum Gasteiger partial charge on any atom is -0.309 e. The zero-order chi connectivity index (χ0) is 39.3. The van der Waals surface area contributed by atoms with E-state index in [1.54, 1.807) is 0 Å². The number of rotatable bonds is 4. The second kappa shape index (κ2) is 14.6. The maximum absolute atomic E-state index is 3.63. The Morgan fingerprint density at radius 2 is 0.627 bits per heavy atom. The Balaban J connectivity index is 0.000000135. The van der Waals surface area contributed by atoms with Gasteiger partial charge in [-0.1, -0.05) is 180 Å². The zero-order valence-electron chi connectivity index (χ0n) is 32.1. The van der Waals surface area contributed by atoms with E-state index in [9.17, 15) is 0 Å². The molecule has 2 nitrogen and oxygen atoms in total. The number of halogens is 1. The van der Waals surface area contributed by atoms with E-state index in [2.05, 4.69) is 250 Å². The van der Waals surface area contributed by atoms with Gasteiger partial charge in [0, 0.05) is 37.4 Å². The van der Waals surface area contributed by atoms with Gasteiger partial charge in [-0.3, -0.25) is 0 Å². The number of aromatic nitrogens is 2. The quantitative estimate of drug-likeness (QED) is 0.167. The highest BCUT2D eigenvalue weighted by Gasteiger charge is 2.14. The summed E-state index contributed by atoms with van der Waals surface area (Å²) in [5.41, 5.74) is 12.3. The molecule has 0 spiro atoms. The highest BCUT2D eigenvalue weighted by molar-refractivity contribution is 9.10. The molecule has 0 amide bonds. The molecule has 0 saturated heterocycles. The largest absolute Gasteiger partial charge is 0.309 e. The fourth-order valence-electron chi connectivity index (χ4n) is 8.96. The molecule has 0 atom stereocenters. The lowest BCUT2D eigenvalue weighted by Crippen LogP contribution is -1.93. The molecule has 0 fully saturated rings. The van der Waals surface area contributed by atoms with Crippen molar-refractivity contribution in [1.29, 1.82) is 0 Å². The Hall–Kier alpha value is -7.20. The van der Waals surface area contributed by atoms with Gasteiger partial charge in [0.2, 0.25) is 0 Å². The minimum absolute atomic E-state index is 1.10. The third-order valence-corrected chi connectivity index (χ3v) is 12.2. The van der Waals surface area contributed by atoms with Gasteiger partial charge < -0.3 is 9.13 Å². The second-order valence-corrected chi connectivity index (χ2v) is 15.9. The fraction of sp³-hybridized carbons (Fsp3) is 0. The first-order valence-corrected chi connectivity index (χ1v) is 20.8. The average Bonchev–Trinajstić information content (AvgIpc) is 3.81. The molecule has 0 aliphatic rings. The zero-order valence-corrected chi connectivity index (χ0v) is 33.7. The van der Waals surface area contributed by atoms with Gasteiger partial charge in [-0.15, -0.1) is 0 Å². The number of nitrogens with zero attached hydrogens (tertiary/aromatic N) is 2. The number of hydrogen-bond acceptors (Lipinski definition) is 0. The normalized spacial score (nSPS) is 11.5. The molecule has 0 bridgehead atoms. The van der Waals surface area contributed by atoms with E-state index in [0.717, 1.165) is 4.47 Å². The summed E-state index contributed by atoms with van der Waals surface area (Å²) in [6.07, 6.45) is 0. The van der Waals surface area contributed by atoms with Crippen LogP contribution in [0.2, 0.25) is 0 Å². The molecule has 0 saturated carbocycles. The van der Waals surface area contributed by atoms with Crippen molar-refractivity contribution >= 4 is 81.1 Å². The first-order valence-electron chi connectivity index (χ1n) is 20.0. The van der Waals surface area contributed by atoms with Gasteiger partial charge in [0.15, 0.2) is 0 Å². The molecule has 0 aliphatic heterocycles. The molecule has 278 valence electrons. The molecule has 59 heavy (non-hydrogen) atoms. The van der Waals surface area contributed by atoms with Crippen molar-refractivity contribution in [1.82, 2.24) is 9.13 Å². The molecule has 2 heterocycles. The van der Waals surface area contributed by atoms with Crippen LogP contribution in [0.15, 0.2) is 229 Å². The van der Waals surface area contributed by atoms with Crippen molar-refractivity contribution in [3.8, 4) is 33.6 Å². The third kappa shape index (κ3) is 6.10. The lowest BCUT2D eigenvalue weighted by Gasteiger charge is -2.11. The van der Waals surface area contributed by atoms with E-state index >= 15 is 0 Å². The lowest BCUT2D eigenvalue weighted by molar-refractivity contribution is 1.18. The van der Waals surface area contributed by atoms with Crippen molar-refractivity contribution in [3.63, 3.8) is 0 Å². The summed E-state index contributed by atoms with van der Waals surface area (Å²) in [5, 5.41) is 10.2. The summed E-state index contributed by atoms with van der Waals surface area (Å²) in [4.78, 5) is 0. The van der Waals surface area contributed by atoms with E-state index in [1.807, 2.05) is 0 Å². The standard InChI is InChI=1S/C28H18BrN.C28H19N/c29-21-14-17-28-26(18-21)25-9-3-4-11-27(25)30(28)22-15-12-20(13-16-22)24-10-5-7-19-6-1-2-8-23(19)24;1-2-10-23-20(8-1)9-7-13-24(23)21-16-18-22(19-17-21)29-27-14-5-3-11-25(27)26-12-4-6-15-28(26)29/h1-18H;1-19H. The van der Waals surface area contributed by atoms with Crippen LogP contribution in [-0.4, -0.2) is 9.13 Å². The van der Waals surface area contributed by atoms with Crippen LogP contribution < -0.4 is 0 Å². The van der Waals surface area contributed by atoms with E-state index in [4.69, 9.17) is 0 Å². The maximum Gasteiger partial charge on any atom is 0.0541 e. The van der Waals surface area contributed by atoms with Gasteiger partial charge in [0.1, 0.15) is 0 Å². The van der Waals surface area contributed by atoms with Crippen LogP contribution in [0.4, 0.5) is 0 Å².